The number of hydrogen-bond acceptors (Lipinski definition) is 6. The van der Waals surface area contributed by atoms with Crippen molar-refractivity contribution in [2.45, 2.75) is 32.8 Å². The molecule has 0 aliphatic carbocycles. The van der Waals surface area contributed by atoms with Crippen molar-refractivity contribution in [1.29, 1.82) is 0 Å². The average molecular weight is 441 g/mol. The smallest absolute Gasteiger partial charge is 0.281 e. The first kappa shape index (κ1) is 23.0. The largest absolute Gasteiger partial charge is 0.497 e. The van der Waals surface area contributed by atoms with Gasteiger partial charge in [-0.2, -0.15) is 0 Å². The molecule has 1 unspecified atom stereocenters. The maximum Gasteiger partial charge on any atom is 0.281 e. The minimum atomic E-state index is -1.03. The fourth-order valence-electron chi connectivity index (χ4n) is 3.06. The topological polar surface area (TPSA) is 69.2 Å². The normalized spacial score (nSPS) is 12.6. The van der Waals surface area contributed by atoms with Crippen LogP contribution in [0, 0.1) is 0 Å². The maximum atomic E-state index is 9.60. The first-order chi connectivity index (χ1) is 14.8. The lowest BCUT2D eigenvalue weighted by molar-refractivity contribution is -0.207. The van der Waals surface area contributed by atoms with Gasteiger partial charge in [-0.1, -0.05) is 32.5 Å². The van der Waals surface area contributed by atoms with Gasteiger partial charge in [0, 0.05) is 10.9 Å². The third kappa shape index (κ3) is 5.96. The predicted octanol–water partition coefficient (Wildman–Crippen LogP) is 6.07. The van der Waals surface area contributed by atoms with E-state index in [1.165, 1.54) is 0 Å². The molecule has 2 N–H and O–H groups in total. The predicted molar refractivity (Wildman–Crippen MR) is 123 cm³/mol. The average Bonchev–Trinajstić information content (AvgIpc) is 2.77. The summed E-state index contributed by atoms with van der Waals surface area (Å²) in [6.07, 6.45) is -1.03. The van der Waals surface area contributed by atoms with E-state index in [4.69, 9.17) is 18.9 Å². The molecule has 3 rings (SSSR count). The number of benzene rings is 2. The maximum absolute atomic E-state index is 9.60. The van der Waals surface area contributed by atoms with Crippen LogP contribution < -0.4 is 19.7 Å². The quantitative estimate of drug-likeness (QED) is 0.326. The van der Waals surface area contributed by atoms with Crippen LogP contribution in [0.5, 0.6) is 17.2 Å². The molecule has 6 nitrogen and oxygen atoms in total. The molecular weight excluding hydrogens is 413 g/mol. The van der Waals surface area contributed by atoms with Gasteiger partial charge >= 0.3 is 0 Å². The highest BCUT2D eigenvalue weighted by molar-refractivity contribution is 7.33. The monoisotopic (exact) mass is 441 g/mol. The Morgan fingerprint density at radius 1 is 0.839 bits per heavy atom. The number of nitrogens with one attached hydrogen (secondary N) is 1. The first-order valence-electron chi connectivity index (χ1n) is 9.86. The molecule has 0 saturated carbocycles. The van der Waals surface area contributed by atoms with E-state index in [9.17, 15) is 5.21 Å². The molecule has 0 spiro atoms. The van der Waals surface area contributed by atoms with E-state index in [2.05, 4.69) is 5.48 Å². The molecule has 164 valence electrons. The molecule has 1 atom stereocenters. The van der Waals surface area contributed by atoms with Crippen LogP contribution in [-0.2, 0) is 4.74 Å². The van der Waals surface area contributed by atoms with Gasteiger partial charge in [-0.15, -0.1) is 5.48 Å². The summed E-state index contributed by atoms with van der Waals surface area (Å²) in [6, 6.07) is 17.6. The summed E-state index contributed by atoms with van der Waals surface area (Å²) >= 11 is 0. The van der Waals surface area contributed by atoms with E-state index in [1.807, 2.05) is 81.2 Å². The van der Waals surface area contributed by atoms with Crippen molar-refractivity contribution in [2.24, 2.45) is 0 Å². The standard InChI is InChI=1S/C24H28NO5P/c1-24(2,3)30-23(25-26)29-20-14-15-31-22(17-8-12-19(28-5)13-9-17)21(20)16-6-10-18(27-4)11-7-16/h6-15,23,25-26H,1-5H3. The van der Waals surface area contributed by atoms with E-state index in [0.29, 0.717) is 5.75 Å². The molecule has 0 amide bonds. The Labute approximate surface area is 184 Å². The summed E-state index contributed by atoms with van der Waals surface area (Å²) in [5.41, 5.74) is 4.51. The molecule has 1 aromatic heterocycles. The molecule has 2 aromatic carbocycles. The summed E-state index contributed by atoms with van der Waals surface area (Å²) < 4.78 is 22.5. The lowest BCUT2D eigenvalue weighted by Crippen LogP contribution is -2.40. The number of hydrogen-bond donors (Lipinski definition) is 2. The van der Waals surface area contributed by atoms with Crippen LogP contribution in [0.25, 0.3) is 22.0 Å². The Balaban J connectivity index is 2.10. The minimum Gasteiger partial charge on any atom is -0.497 e. The Morgan fingerprint density at radius 3 is 1.87 bits per heavy atom. The van der Waals surface area contributed by atoms with Crippen LogP contribution in [0.4, 0.5) is 0 Å². The van der Waals surface area contributed by atoms with E-state index in [0.717, 1.165) is 41.7 Å². The summed E-state index contributed by atoms with van der Waals surface area (Å²) in [5, 5.41) is 10.7. The van der Waals surface area contributed by atoms with Crippen molar-refractivity contribution in [1.82, 2.24) is 5.48 Å². The van der Waals surface area contributed by atoms with E-state index in [-0.39, 0.29) is 0 Å². The van der Waals surface area contributed by atoms with Gasteiger partial charge in [-0.05, 0) is 68.0 Å². The Morgan fingerprint density at radius 2 is 1.39 bits per heavy atom. The second kappa shape index (κ2) is 10.1. The van der Waals surface area contributed by atoms with E-state index in [1.54, 1.807) is 14.2 Å². The molecule has 1 heterocycles. The van der Waals surface area contributed by atoms with Gasteiger partial charge in [-0.25, -0.2) is 0 Å². The highest BCUT2D eigenvalue weighted by atomic mass is 31.0. The molecule has 3 aromatic rings. The highest BCUT2D eigenvalue weighted by Crippen LogP contribution is 2.45. The summed E-state index contributed by atoms with van der Waals surface area (Å²) in [6.45, 7) is 5.68. The van der Waals surface area contributed by atoms with Crippen molar-refractivity contribution in [2.75, 3.05) is 14.2 Å². The van der Waals surface area contributed by atoms with Gasteiger partial charge in [0.25, 0.3) is 6.41 Å². The Hall–Kier alpha value is -2.63. The van der Waals surface area contributed by atoms with Crippen LogP contribution in [0.15, 0.2) is 60.4 Å². The summed E-state index contributed by atoms with van der Waals surface area (Å²) in [7, 11) is 4.31. The fraction of sp³-hybridized carbons (Fsp3) is 0.292. The molecule has 0 bridgehead atoms. The zero-order valence-electron chi connectivity index (χ0n) is 18.4. The summed E-state index contributed by atoms with van der Waals surface area (Å²) in [5.74, 6) is 4.16. The number of hydroxylamine groups is 1. The van der Waals surface area contributed by atoms with E-state index >= 15 is 0 Å². The number of methoxy groups -OCH3 is 2. The molecule has 0 radical (unpaired) electrons. The SMILES string of the molecule is COc1ccc(-c2pccc(OC(NO)OC(C)(C)C)c2-c2ccc(OC)cc2)cc1. The van der Waals surface area contributed by atoms with Gasteiger partial charge in [0.15, 0.2) is 0 Å². The second-order valence-electron chi connectivity index (χ2n) is 7.80. The van der Waals surface area contributed by atoms with Gasteiger partial charge in [-0.3, -0.25) is 0 Å². The van der Waals surface area contributed by atoms with Gasteiger partial charge in [0.1, 0.15) is 17.2 Å². The van der Waals surface area contributed by atoms with Crippen LogP contribution in [0.3, 0.4) is 0 Å². The van der Waals surface area contributed by atoms with Gasteiger partial charge in [0.05, 0.1) is 19.8 Å². The third-order valence-electron chi connectivity index (χ3n) is 4.45. The molecule has 0 fully saturated rings. The Kier molecular flexibility index (Phi) is 7.52. The molecule has 7 heteroatoms. The minimum absolute atomic E-state index is 0.514. The van der Waals surface area contributed by atoms with Crippen LogP contribution in [0.2, 0.25) is 0 Å². The van der Waals surface area contributed by atoms with Gasteiger partial charge < -0.3 is 24.2 Å². The molecule has 0 aliphatic heterocycles. The molecule has 31 heavy (non-hydrogen) atoms. The molecule has 0 aliphatic rings. The van der Waals surface area contributed by atoms with Crippen molar-refractivity contribution in [3.05, 3.63) is 60.4 Å². The molecule has 0 saturated heterocycles. The lowest BCUT2D eigenvalue weighted by Gasteiger charge is -2.27. The van der Waals surface area contributed by atoms with Crippen molar-refractivity contribution >= 4 is 8.19 Å². The third-order valence-corrected chi connectivity index (χ3v) is 5.49. The fourth-order valence-corrected chi connectivity index (χ4v) is 4.09. The highest BCUT2D eigenvalue weighted by Gasteiger charge is 2.22. The van der Waals surface area contributed by atoms with Crippen LogP contribution >= 0.6 is 8.19 Å². The first-order valence-corrected chi connectivity index (χ1v) is 10.8. The van der Waals surface area contributed by atoms with E-state index < -0.39 is 12.0 Å². The number of rotatable bonds is 8. The second-order valence-corrected chi connectivity index (χ2v) is 8.80. The molecular formula is C24H28NO5P. The van der Waals surface area contributed by atoms with Crippen molar-refractivity contribution in [3.63, 3.8) is 0 Å². The van der Waals surface area contributed by atoms with Gasteiger partial charge in [0.2, 0.25) is 0 Å². The zero-order valence-corrected chi connectivity index (χ0v) is 19.3. The van der Waals surface area contributed by atoms with Crippen molar-refractivity contribution < 1.29 is 24.2 Å². The van der Waals surface area contributed by atoms with Crippen LogP contribution in [0.1, 0.15) is 20.8 Å². The number of ether oxygens (including phenoxy) is 4. The lowest BCUT2D eigenvalue weighted by atomic mass is 10.0. The zero-order chi connectivity index (χ0) is 22.4. The van der Waals surface area contributed by atoms with Crippen LogP contribution in [-0.4, -0.2) is 31.4 Å². The Bertz CT molecular complexity index is 984. The van der Waals surface area contributed by atoms with Crippen molar-refractivity contribution in [3.8, 4) is 39.2 Å². The summed E-state index contributed by atoms with van der Waals surface area (Å²) in [4.78, 5) is 0.